The van der Waals surface area contributed by atoms with Gasteiger partial charge >= 0.3 is 0 Å². The summed E-state index contributed by atoms with van der Waals surface area (Å²) in [5, 5.41) is 13.3. The van der Waals surface area contributed by atoms with E-state index < -0.39 is 0 Å². The minimum atomic E-state index is 0. The van der Waals surface area contributed by atoms with Crippen molar-refractivity contribution in [1.29, 1.82) is 0 Å². The lowest BCUT2D eigenvalue weighted by atomic mass is 9.99. The second-order valence-corrected chi connectivity index (χ2v) is 5.21. The molecule has 1 fully saturated rings. The van der Waals surface area contributed by atoms with E-state index in [4.69, 9.17) is 11.6 Å². The summed E-state index contributed by atoms with van der Waals surface area (Å²) < 4.78 is 0. The molecule has 0 unspecified atom stereocenters. The monoisotopic (exact) mass is 340 g/mol. The fourth-order valence-corrected chi connectivity index (χ4v) is 2.75. The Morgan fingerprint density at radius 2 is 1.95 bits per heavy atom. The van der Waals surface area contributed by atoms with Gasteiger partial charge in [-0.1, -0.05) is 31.0 Å². The van der Waals surface area contributed by atoms with Gasteiger partial charge in [0.25, 0.3) is 0 Å². The first-order valence-corrected chi connectivity index (χ1v) is 7.03. The van der Waals surface area contributed by atoms with Crippen LogP contribution >= 0.6 is 36.4 Å². The van der Waals surface area contributed by atoms with Crippen molar-refractivity contribution in [2.24, 2.45) is 0 Å². The van der Waals surface area contributed by atoms with Crippen LogP contribution in [0, 0.1) is 0 Å². The van der Waals surface area contributed by atoms with E-state index >= 15 is 0 Å². The van der Waals surface area contributed by atoms with Crippen LogP contribution in [0.3, 0.4) is 0 Å². The number of piperazine rings is 1. The zero-order chi connectivity index (χ0) is 13.0. The highest BCUT2D eigenvalue weighted by atomic mass is 35.5. The molecule has 1 aliphatic rings. The molecule has 1 saturated heterocycles. The lowest BCUT2D eigenvalue weighted by molar-refractivity contribution is 0.164. The molecule has 0 aromatic heterocycles. The summed E-state index contributed by atoms with van der Waals surface area (Å²) in [5.41, 5.74) is 1.21. The number of hydrogen-bond acceptors (Lipinski definition) is 3. The SMILES string of the molecule is CCC[C@H](c1ccc(O)c(Cl)c1)N1CCNCC1.Cl.Cl. The third-order valence-corrected chi connectivity index (χ3v) is 3.81. The zero-order valence-corrected chi connectivity index (χ0v) is 14.0. The number of halogens is 3. The quantitative estimate of drug-likeness (QED) is 0.877. The second-order valence-electron chi connectivity index (χ2n) is 4.80. The standard InChI is InChI=1S/C14H21ClN2O.2ClH/c1-2-3-13(17-8-6-16-7-9-17)11-4-5-14(18)12(15)10-11;;/h4-5,10,13,16,18H,2-3,6-9H2,1H3;2*1H/t13-;;/m1../s1. The van der Waals surface area contributed by atoms with Crippen LogP contribution in [0.25, 0.3) is 0 Å². The van der Waals surface area contributed by atoms with Crippen LogP contribution in [-0.2, 0) is 0 Å². The first-order chi connectivity index (χ1) is 8.72. The van der Waals surface area contributed by atoms with Crippen LogP contribution < -0.4 is 5.32 Å². The highest BCUT2D eigenvalue weighted by molar-refractivity contribution is 6.32. The van der Waals surface area contributed by atoms with E-state index in [2.05, 4.69) is 17.1 Å². The van der Waals surface area contributed by atoms with E-state index in [0.717, 1.165) is 39.0 Å². The Morgan fingerprint density at radius 3 is 2.50 bits per heavy atom. The summed E-state index contributed by atoms with van der Waals surface area (Å²) >= 11 is 6.02. The van der Waals surface area contributed by atoms with Gasteiger partial charge in [-0.05, 0) is 24.1 Å². The molecule has 1 aliphatic heterocycles. The highest BCUT2D eigenvalue weighted by Crippen LogP contribution is 2.31. The molecular formula is C14H23Cl3N2O. The molecular weight excluding hydrogens is 319 g/mol. The third-order valence-electron chi connectivity index (χ3n) is 3.51. The van der Waals surface area contributed by atoms with Crippen LogP contribution in [0.15, 0.2) is 18.2 Å². The number of phenols is 1. The number of nitrogens with zero attached hydrogens (tertiary/aromatic N) is 1. The molecule has 1 heterocycles. The summed E-state index contributed by atoms with van der Waals surface area (Å²) in [6.45, 7) is 6.45. The van der Waals surface area contributed by atoms with Gasteiger partial charge in [0.1, 0.15) is 5.75 Å². The van der Waals surface area contributed by atoms with Crippen molar-refractivity contribution >= 4 is 36.4 Å². The molecule has 0 amide bonds. The van der Waals surface area contributed by atoms with Gasteiger partial charge in [-0.25, -0.2) is 0 Å². The summed E-state index contributed by atoms with van der Waals surface area (Å²) in [6.07, 6.45) is 2.27. The van der Waals surface area contributed by atoms with Crippen molar-refractivity contribution in [3.8, 4) is 5.75 Å². The highest BCUT2D eigenvalue weighted by Gasteiger charge is 2.21. The average molecular weight is 342 g/mol. The largest absolute Gasteiger partial charge is 0.506 e. The summed E-state index contributed by atoms with van der Waals surface area (Å²) in [4.78, 5) is 2.50. The van der Waals surface area contributed by atoms with Gasteiger partial charge in [-0.3, -0.25) is 4.90 Å². The molecule has 116 valence electrons. The Kier molecular flexibility index (Phi) is 9.60. The van der Waals surface area contributed by atoms with E-state index in [1.165, 1.54) is 5.56 Å². The number of nitrogens with one attached hydrogen (secondary N) is 1. The molecule has 1 atom stereocenters. The van der Waals surface area contributed by atoms with E-state index in [9.17, 15) is 5.11 Å². The zero-order valence-electron chi connectivity index (χ0n) is 11.6. The fourth-order valence-electron chi connectivity index (χ4n) is 2.56. The van der Waals surface area contributed by atoms with Crippen LogP contribution in [0.5, 0.6) is 5.75 Å². The van der Waals surface area contributed by atoms with E-state index in [1.54, 1.807) is 6.07 Å². The maximum Gasteiger partial charge on any atom is 0.134 e. The smallest absolute Gasteiger partial charge is 0.134 e. The molecule has 0 bridgehead atoms. The Labute approximate surface area is 138 Å². The first-order valence-electron chi connectivity index (χ1n) is 6.65. The third kappa shape index (κ3) is 4.97. The molecule has 0 aliphatic carbocycles. The van der Waals surface area contributed by atoms with Gasteiger partial charge in [-0.2, -0.15) is 0 Å². The van der Waals surface area contributed by atoms with E-state index in [-0.39, 0.29) is 30.6 Å². The molecule has 20 heavy (non-hydrogen) atoms. The van der Waals surface area contributed by atoms with Crippen molar-refractivity contribution in [3.05, 3.63) is 28.8 Å². The first kappa shape index (κ1) is 19.8. The molecule has 1 aromatic rings. The molecule has 3 nitrogen and oxygen atoms in total. The van der Waals surface area contributed by atoms with Crippen molar-refractivity contribution in [2.45, 2.75) is 25.8 Å². The molecule has 0 radical (unpaired) electrons. The van der Waals surface area contributed by atoms with E-state index in [1.807, 2.05) is 12.1 Å². The van der Waals surface area contributed by atoms with Crippen LogP contribution in [0.4, 0.5) is 0 Å². The summed E-state index contributed by atoms with van der Waals surface area (Å²) in [5.74, 6) is 0.163. The normalized spacial score (nSPS) is 16.9. The maximum atomic E-state index is 9.51. The summed E-state index contributed by atoms with van der Waals surface area (Å²) in [6, 6.07) is 6.00. The molecule has 0 saturated carbocycles. The van der Waals surface area contributed by atoms with Crippen molar-refractivity contribution in [2.75, 3.05) is 26.2 Å². The maximum absolute atomic E-state index is 9.51. The summed E-state index contributed by atoms with van der Waals surface area (Å²) in [7, 11) is 0. The van der Waals surface area contributed by atoms with Crippen molar-refractivity contribution in [3.63, 3.8) is 0 Å². The molecule has 0 spiro atoms. The van der Waals surface area contributed by atoms with Crippen molar-refractivity contribution in [1.82, 2.24) is 10.2 Å². The van der Waals surface area contributed by atoms with Crippen LogP contribution in [0.1, 0.15) is 31.4 Å². The predicted octanol–water partition coefficient (Wildman–Crippen LogP) is 3.64. The lowest BCUT2D eigenvalue weighted by Crippen LogP contribution is -2.45. The van der Waals surface area contributed by atoms with Gasteiger partial charge in [-0.15, -0.1) is 24.8 Å². The van der Waals surface area contributed by atoms with Gasteiger partial charge in [0, 0.05) is 32.2 Å². The molecule has 1 aromatic carbocycles. The molecule has 2 rings (SSSR count). The topological polar surface area (TPSA) is 35.5 Å². The van der Waals surface area contributed by atoms with Crippen LogP contribution in [0.2, 0.25) is 5.02 Å². The van der Waals surface area contributed by atoms with Gasteiger partial charge in [0.05, 0.1) is 5.02 Å². The van der Waals surface area contributed by atoms with Gasteiger partial charge in [0.2, 0.25) is 0 Å². The number of rotatable bonds is 4. The Balaban J connectivity index is 0.00000180. The Morgan fingerprint density at radius 1 is 1.30 bits per heavy atom. The Bertz CT molecular complexity index is 398. The Hall–Kier alpha value is -0.190. The number of aromatic hydroxyl groups is 1. The minimum Gasteiger partial charge on any atom is -0.506 e. The predicted molar refractivity (Wildman–Crippen MR) is 89.7 cm³/mol. The van der Waals surface area contributed by atoms with Gasteiger partial charge < -0.3 is 10.4 Å². The lowest BCUT2D eigenvalue weighted by Gasteiger charge is -2.35. The van der Waals surface area contributed by atoms with Gasteiger partial charge in [0.15, 0.2) is 0 Å². The molecule has 6 heteroatoms. The number of hydrogen-bond donors (Lipinski definition) is 2. The number of phenolic OH excluding ortho intramolecular Hbond substituents is 1. The van der Waals surface area contributed by atoms with Crippen LogP contribution in [-0.4, -0.2) is 36.2 Å². The fraction of sp³-hybridized carbons (Fsp3) is 0.571. The second kappa shape index (κ2) is 9.69. The number of benzene rings is 1. The van der Waals surface area contributed by atoms with E-state index in [0.29, 0.717) is 11.1 Å². The van der Waals surface area contributed by atoms with Crippen molar-refractivity contribution < 1.29 is 5.11 Å². The minimum absolute atomic E-state index is 0. The average Bonchev–Trinajstić information content (AvgIpc) is 2.40. The molecule has 2 N–H and O–H groups in total.